The molecular formula is C27H27NO6. The van der Waals surface area contributed by atoms with Crippen LogP contribution in [0.2, 0.25) is 0 Å². The minimum absolute atomic E-state index is 0.0411. The fourth-order valence-corrected chi connectivity index (χ4v) is 4.91. The van der Waals surface area contributed by atoms with Gasteiger partial charge in [-0.2, -0.15) is 0 Å². The molecule has 0 radical (unpaired) electrons. The van der Waals surface area contributed by atoms with Gasteiger partial charge in [-0.3, -0.25) is 4.79 Å². The number of carbonyl (C=O) groups excluding carboxylic acids is 3. The summed E-state index contributed by atoms with van der Waals surface area (Å²) in [6.07, 6.45) is 0.898. The smallest absolute Gasteiger partial charge is 0.337 e. The predicted octanol–water partition coefficient (Wildman–Crippen LogP) is 4.02. The van der Waals surface area contributed by atoms with Crippen LogP contribution in [-0.2, 0) is 19.1 Å². The number of benzene rings is 2. The van der Waals surface area contributed by atoms with Gasteiger partial charge in [0.15, 0.2) is 5.78 Å². The van der Waals surface area contributed by atoms with Crippen molar-refractivity contribution in [3.8, 4) is 5.75 Å². The standard InChI is InChI=1S/C27H27NO6/c1-15-23(27(31)34-4)24(16-9-11-17(12-10-16)26(30)33-3)25-20(28-15)13-18(14-21(25)29)19-7-5-6-8-22(19)32-2/h5-12,18,24,28H,13-14H2,1-4H3/t18-,24-/m0/s1. The largest absolute Gasteiger partial charge is 0.496 e. The highest BCUT2D eigenvalue weighted by Crippen LogP contribution is 2.46. The molecule has 1 aliphatic carbocycles. The Morgan fingerprint density at radius 3 is 2.24 bits per heavy atom. The maximum absolute atomic E-state index is 13.6. The number of hydrogen-bond donors (Lipinski definition) is 1. The molecule has 7 heteroatoms. The Bertz CT molecular complexity index is 1210. The maximum Gasteiger partial charge on any atom is 0.337 e. The lowest BCUT2D eigenvalue weighted by atomic mass is 9.71. The zero-order valence-electron chi connectivity index (χ0n) is 19.6. The van der Waals surface area contributed by atoms with E-state index in [9.17, 15) is 14.4 Å². The van der Waals surface area contributed by atoms with Crippen LogP contribution in [0, 0.1) is 0 Å². The average molecular weight is 462 g/mol. The molecule has 0 aromatic heterocycles. The maximum atomic E-state index is 13.6. The molecule has 2 atom stereocenters. The van der Waals surface area contributed by atoms with Gasteiger partial charge in [0.2, 0.25) is 0 Å². The van der Waals surface area contributed by atoms with Gasteiger partial charge >= 0.3 is 11.9 Å². The number of allylic oxidation sites excluding steroid dienone is 3. The van der Waals surface area contributed by atoms with Gasteiger partial charge in [0, 0.05) is 35.2 Å². The van der Waals surface area contributed by atoms with Gasteiger partial charge < -0.3 is 19.5 Å². The van der Waals surface area contributed by atoms with E-state index in [0.717, 1.165) is 22.6 Å². The highest BCUT2D eigenvalue weighted by Gasteiger charge is 2.41. The predicted molar refractivity (Wildman–Crippen MR) is 125 cm³/mol. The summed E-state index contributed by atoms with van der Waals surface area (Å²) in [5, 5.41) is 3.31. The van der Waals surface area contributed by atoms with Crippen molar-refractivity contribution in [1.82, 2.24) is 5.32 Å². The van der Waals surface area contributed by atoms with Gasteiger partial charge in [0.1, 0.15) is 5.75 Å². The second-order valence-corrected chi connectivity index (χ2v) is 8.36. The van der Waals surface area contributed by atoms with E-state index >= 15 is 0 Å². The lowest BCUT2D eigenvalue weighted by molar-refractivity contribution is -0.136. The average Bonchev–Trinajstić information content (AvgIpc) is 2.86. The second-order valence-electron chi connectivity index (χ2n) is 8.36. The van der Waals surface area contributed by atoms with Gasteiger partial charge in [0.25, 0.3) is 0 Å². The summed E-state index contributed by atoms with van der Waals surface area (Å²) < 4.78 is 15.4. The first-order valence-corrected chi connectivity index (χ1v) is 11.0. The van der Waals surface area contributed by atoms with Gasteiger partial charge in [0.05, 0.1) is 32.5 Å². The monoisotopic (exact) mass is 461 g/mol. The van der Waals surface area contributed by atoms with E-state index in [1.165, 1.54) is 14.2 Å². The minimum Gasteiger partial charge on any atom is -0.496 e. The third kappa shape index (κ3) is 4.09. The summed E-state index contributed by atoms with van der Waals surface area (Å²) in [6, 6.07) is 14.5. The number of dihydropyridines is 1. The van der Waals surface area contributed by atoms with Crippen molar-refractivity contribution in [2.75, 3.05) is 21.3 Å². The normalized spacial score (nSPS) is 19.8. The van der Waals surface area contributed by atoms with E-state index in [0.29, 0.717) is 35.2 Å². The molecule has 1 aliphatic heterocycles. The zero-order chi connectivity index (χ0) is 24.4. The van der Waals surface area contributed by atoms with Crippen molar-refractivity contribution in [2.24, 2.45) is 0 Å². The lowest BCUT2D eigenvalue weighted by Gasteiger charge is -2.36. The van der Waals surface area contributed by atoms with Crippen LogP contribution in [0.15, 0.2) is 71.1 Å². The number of nitrogens with one attached hydrogen (secondary N) is 1. The van der Waals surface area contributed by atoms with Crippen LogP contribution < -0.4 is 10.1 Å². The summed E-state index contributed by atoms with van der Waals surface area (Å²) >= 11 is 0. The minimum atomic E-state index is -0.596. The number of para-hydroxylation sites is 1. The topological polar surface area (TPSA) is 90.9 Å². The Balaban J connectivity index is 1.79. The van der Waals surface area contributed by atoms with Crippen LogP contribution in [-0.4, -0.2) is 39.1 Å². The number of Topliss-reactive ketones (excluding diaryl/α,β-unsaturated/α-hetero) is 1. The number of hydrogen-bond acceptors (Lipinski definition) is 7. The Kier molecular flexibility index (Phi) is 6.54. The molecule has 2 aliphatic rings. The molecule has 0 fully saturated rings. The molecule has 2 aromatic carbocycles. The molecule has 7 nitrogen and oxygen atoms in total. The Hall–Kier alpha value is -3.87. The molecule has 0 bridgehead atoms. The summed E-state index contributed by atoms with van der Waals surface area (Å²) in [7, 11) is 4.27. The van der Waals surface area contributed by atoms with Crippen LogP contribution in [0.1, 0.15) is 53.1 Å². The fraction of sp³-hybridized carbons (Fsp3) is 0.296. The summed E-state index contributed by atoms with van der Waals surface area (Å²) in [5.74, 6) is -0.896. The number of rotatable bonds is 5. The Morgan fingerprint density at radius 1 is 0.912 bits per heavy atom. The van der Waals surface area contributed by atoms with Crippen molar-refractivity contribution < 1.29 is 28.6 Å². The van der Waals surface area contributed by atoms with E-state index in [-0.39, 0.29) is 11.7 Å². The Morgan fingerprint density at radius 2 is 1.59 bits per heavy atom. The summed E-state index contributed by atoms with van der Waals surface area (Å²) in [4.78, 5) is 38.3. The van der Waals surface area contributed by atoms with Gasteiger partial charge in [-0.05, 0) is 42.7 Å². The zero-order valence-corrected chi connectivity index (χ0v) is 19.6. The lowest BCUT2D eigenvalue weighted by Crippen LogP contribution is -2.36. The number of methoxy groups -OCH3 is 3. The number of carbonyl (C=O) groups is 3. The van der Waals surface area contributed by atoms with Crippen molar-refractivity contribution in [3.63, 3.8) is 0 Å². The van der Waals surface area contributed by atoms with Crippen LogP contribution in [0.25, 0.3) is 0 Å². The van der Waals surface area contributed by atoms with E-state index in [2.05, 4.69) is 5.32 Å². The van der Waals surface area contributed by atoms with Crippen molar-refractivity contribution >= 4 is 17.7 Å². The van der Waals surface area contributed by atoms with Crippen molar-refractivity contribution in [1.29, 1.82) is 0 Å². The van der Waals surface area contributed by atoms with Gasteiger partial charge in [-0.25, -0.2) is 9.59 Å². The third-order valence-electron chi connectivity index (χ3n) is 6.48. The first kappa shape index (κ1) is 23.3. The first-order valence-electron chi connectivity index (χ1n) is 11.0. The quantitative estimate of drug-likeness (QED) is 0.673. The highest BCUT2D eigenvalue weighted by molar-refractivity contribution is 6.04. The molecule has 34 heavy (non-hydrogen) atoms. The molecule has 0 spiro atoms. The SMILES string of the molecule is COC(=O)C1=C(C)NC2=C(C(=O)C[C@@H](c3ccccc3OC)C2)[C@H]1c1ccc(C(=O)OC)cc1. The molecule has 1 heterocycles. The Labute approximate surface area is 198 Å². The second kappa shape index (κ2) is 9.55. The number of ketones is 1. The summed E-state index contributed by atoms with van der Waals surface area (Å²) in [5.41, 5.74) is 4.47. The van der Waals surface area contributed by atoms with E-state index in [1.807, 2.05) is 31.2 Å². The molecular weight excluding hydrogens is 434 g/mol. The fourth-order valence-electron chi connectivity index (χ4n) is 4.91. The van der Waals surface area contributed by atoms with E-state index < -0.39 is 17.9 Å². The molecule has 4 rings (SSSR count). The molecule has 176 valence electrons. The molecule has 1 N–H and O–H groups in total. The number of esters is 2. The number of ether oxygens (including phenoxy) is 3. The van der Waals surface area contributed by atoms with E-state index in [4.69, 9.17) is 14.2 Å². The van der Waals surface area contributed by atoms with Crippen molar-refractivity contribution in [2.45, 2.75) is 31.6 Å². The van der Waals surface area contributed by atoms with Crippen LogP contribution in [0.3, 0.4) is 0 Å². The highest BCUT2D eigenvalue weighted by atomic mass is 16.5. The van der Waals surface area contributed by atoms with Crippen LogP contribution >= 0.6 is 0 Å². The summed E-state index contributed by atoms with van der Waals surface area (Å²) in [6.45, 7) is 1.81. The van der Waals surface area contributed by atoms with Crippen LogP contribution in [0.4, 0.5) is 0 Å². The van der Waals surface area contributed by atoms with E-state index in [1.54, 1.807) is 31.4 Å². The van der Waals surface area contributed by atoms with Gasteiger partial charge in [-0.15, -0.1) is 0 Å². The third-order valence-corrected chi connectivity index (χ3v) is 6.48. The molecule has 0 saturated carbocycles. The van der Waals surface area contributed by atoms with Crippen molar-refractivity contribution in [3.05, 3.63) is 87.8 Å². The van der Waals surface area contributed by atoms with Crippen LogP contribution in [0.5, 0.6) is 5.75 Å². The molecule has 0 saturated heterocycles. The van der Waals surface area contributed by atoms with Gasteiger partial charge in [-0.1, -0.05) is 30.3 Å². The molecule has 2 aromatic rings. The first-order chi connectivity index (χ1) is 16.4. The molecule has 0 unspecified atom stereocenters. The molecule has 0 amide bonds.